The molecule has 1 heterocycles. The molecule has 0 atom stereocenters. The summed E-state index contributed by atoms with van der Waals surface area (Å²) in [6, 6.07) is 4.20. The van der Waals surface area contributed by atoms with Gasteiger partial charge in [-0.1, -0.05) is 12.1 Å². The van der Waals surface area contributed by atoms with Gasteiger partial charge in [-0.25, -0.2) is 22.3 Å². The Morgan fingerprint density at radius 2 is 1.87 bits per heavy atom. The van der Waals surface area contributed by atoms with Crippen molar-refractivity contribution in [3.05, 3.63) is 62.2 Å². The van der Waals surface area contributed by atoms with Crippen LogP contribution in [0.5, 0.6) is 0 Å². The van der Waals surface area contributed by atoms with Crippen LogP contribution in [0.15, 0.2) is 38.9 Å². The second-order valence-electron chi connectivity index (χ2n) is 5.16. The first-order valence-corrected chi connectivity index (χ1v) is 8.13. The van der Waals surface area contributed by atoms with Crippen LogP contribution in [0.3, 0.4) is 0 Å². The molecule has 1 aromatic heterocycles. The highest BCUT2D eigenvalue weighted by Crippen LogP contribution is 2.10. The molecule has 0 unspecified atom stereocenters. The van der Waals surface area contributed by atoms with Crippen molar-refractivity contribution in [2.75, 3.05) is 0 Å². The fraction of sp³-hybridized carbons (Fsp3) is 0.286. The minimum absolute atomic E-state index is 0.102. The molecule has 7 nitrogen and oxygen atoms in total. The Labute approximate surface area is 132 Å². The summed E-state index contributed by atoms with van der Waals surface area (Å²) in [5.41, 5.74) is -0.590. The van der Waals surface area contributed by atoms with Gasteiger partial charge < -0.3 is 4.57 Å². The Balaban J connectivity index is 2.35. The Hall–Kier alpha value is -2.26. The molecule has 2 aromatic rings. The Morgan fingerprint density at radius 3 is 2.48 bits per heavy atom. The van der Waals surface area contributed by atoms with Crippen LogP contribution in [0.25, 0.3) is 0 Å². The molecule has 0 aliphatic rings. The van der Waals surface area contributed by atoms with Gasteiger partial charge in [-0.15, -0.1) is 0 Å². The first-order chi connectivity index (χ1) is 10.6. The third-order valence-corrected chi connectivity index (χ3v) is 4.78. The average Bonchev–Trinajstić information content (AvgIpc) is 2.50. The normalized spacial score (nSPS) is 11.7. The number of nitrogens with zero attached hydrogens (tertiary/aromatic N) is 2. The van der Waals surface area contributed by atoms with Gasteiger partial charge in [0.25, 0.3) is 5.56 Å². The molecule has 9 heteroatoms. The van der Waals surface area contributed by atoms with E-state index in [9.17, 15) is 22.4 Å². The number of hydrogen-bond donors (Lipinski definition) is 1. The zero-order valence-electron chi connectivity index (χ0n) is 12.8. The highest BCUT2D eigenvalue weighted by molar-refractivity contribution is 7.89. The minimum Gasteiger partial charge on any atom is -0.302 e. The molecule has 0 aliphatic carbocycles. The summed E-state index contributed by atoms with van der Waals surface area (Å²) in [4.78, 5) is 23.0. The van der Waals surface area contributed by atoms with Gasteiger partial charge in [0.05, 0.1) is 0 Å². The zero-order chi connectivity index (χ0) is 17.4. The number of hydrogen-bond acceptors (Lipinski definition) is 4. The summed E-state index contributed by atoms with van der Waals surface area (Å²) >= 11 is 0. The van der Waals surface area contributed by atoms with Crippen molar-refractivity contribution in [3.8, 4) is 0 Å². The number of sulfonamides is 1. The molecular weight excluding hydrogens is 325 g/mol. The molecular formula is C14H16FN3O4S. The van der Waals surface area contributed by atoms with E-state index in [2.05, 4.69) is 4.72 Å². The summed E-state index contributed by atoms with van der Waals surface area (Å²) in [5.74, 6) is -0.386. The van der Waals surface area contributed by atoms with E-state index in [0.717, 1.165) is 15.3 Å². The molecule has 1 aromatic carbocycles. The maximum Gasteiger partial charge on any atom is 0.330 e. The number of nitrogens with one attached hydrogen (secondary N) is 1. The predicted molar refractivity (Wildman–Crippen MR) is 82.1 cm³/mol. The molecule has 2 rings (SSSR count). The van der Waals surface area contributed by atoms with E-state index < -0.39 is 26.2 Å². The lowest BCUT2D eigenvalue weighted by molar-refractivity contribution is 0.570. The molecule has 0 spiro atoms. The van der Waals surface area contributed by atoms with Crippen LogP contribution < -0.4 is 16.0 Å². The summed E-state index contributed by atoms with van der Waals surface area (Å²) in [7, 11) is -1.56. The van der Waals surface area contributed by atoms with Crippen LogP contribution in [0.2, 0.25) is 0 Å². The predicted octanol–water partition coefficient (Wildman–Crippen LogP) is 0.0100. The molecule has 0 aliphatic heterocycles. The summed E-state index contributed by atoms with van der Waals surface area (Å²) in [5, 5.41) is 0. The second-order valence-corrected chi connectivity index (χ2v) is 6.89. The second kappa shape index (κ2) is 6.09. The third-order valence-electron chi connectivity index (χ3n) is 3.39. The molecule has 1 N–H and O–H groups in total. The lowest BCUT2D eigenvalue weighted by Crippen LogP contribution is -2.41. The van der Waals surface area contributed by atoms with E-state index in [4.69, 9.17) is 0 Å². The molecule has 0 saturated carbocycles. The number of halogens is 1. The smallest absolute Gasteiger partial charge is 0.302 e. The van der Waals surface area contributed by atoms with Gasteiger partial charge in [0.15, 0.2) is 4.90 Å². The van der Waals surface area contributed by atoms with Gasteiger partial charge in [0.1, 0.15) is 5.82 Å². The highest BCUT2D eigenvalue weighted by atomic mass is 32.2. The standard InChI is InChI=1S/C14H16FN3O4S/c1-9-6-10(4-5-11(9)15)7-16-23(21,22)12-8-17(2)14(20)18(3)13(12)19/h4-6,8,16H,7H2,1-3H3. The number of aromatic nitrogens is 2. The van der Waals surface area contributed by atoms with E-state index in [1.807, 2.05) is 0 Å². The fourth-order valence-corrected chi connectivity index (χ4v) is 3.21. The Bertz CT molecular complexity index is 976. The monoisotopic (exact) mass is 341 g/mol. The molecule has 0 bridgehead atoms. The van der Waals surface area contributed by atoms with Crippen LogP contribution >= 0.6 is 0 Å². The molecule has 124 valence electrons. The van der Waals surface area contributed by atoms with Crippen molar-refractivity contribution in [1.82, 2.24) is 13.9 Å². The van der Waals surface area contributed by atoms with Crippen LogP contribution in [-0.4, -0.2) is 17.6 Å². The van der Waals surface area contributed by atoms with E-state index in [-0.39, 0.29) is 12.4 Å². The minimum atomic E-state index is -4.11. The van der Waals surface area contributed by atoms with Crippen molar-refractivity contribution < 1.29 is 12.8 Å². The number of benzene rings is 1. The van der Waals surface area contributed by atoms with Crippen molar-refractivity contribution in [2.24, 2.45) is 14.1 Å². The maximum absolute atomic E-state index is 13.2. The van der Waals surface area contributed by atoms with E-state index >= 15 is 0 Å². The fourth-order valence-electron chi connectivity index (χ4n) is 2.03. The summed E-state index contributed by atoms with van der Waals surface area (Å²) in [6.45, 7) is 1.46. The van der Waals surface area contributed by atoms with Crippen LogP contribution in [-0.2, 0) is 30.7 Å². The lowest BCUT2D eigenvalue weighted by Gasteiger charge is -2.09. The quantitative estimate of drug-likeness (QED) is 0.848. The van der Waals surface area contributed by atoms with Gasteiger partial charge in [-0.3, -0.25) is 9.36 Å². The lowest BCUT2D eigenvalue weighted by atomic mass is 10.1. The largest absolute Gasteiger partial charge is 0.330 e. The van der Waals surface area contributed by atoms with Crippen molar-refractivity contribution in [1.29, 1.82) is 0 Å². The third kappa shape index (κ3) is 3.40. The summed E-state index contributed by atoms with van der Waals surface area (Å²) < 4.78 is 41.8. The van der Waals surface area contributed by atoms with Gasteiger partial charge in [-0.2, -0.15) is 0 Å². The highest BCUT2D eigenvalue weighted by Gasteiger charge is 2.21. The van der Waals surface area contributed by atoms with Crippen molar-refractivity contribution in [2.45, 2.75) is 18.4 Å². The summed E-state index contributed by atoms with van der Waals surface area (Å²) in [6.07, 6.45) is 0.975. The average molecular weight is 341 g/mol. The first-order valence-electron chi connectivity index (χ1n) is 6.65. The topological polar surface area (TPSA) is 90.2 Å². The number of aryl methyl sites for hydroxylation is 2. The molecule has 0 radical (unpaired) electrons. The van der Waals surface area contributed by atoms with Gasteiger partial charge >= 0.3 is 5.69 Å². The van der Waals surface area contributed by atoms with Crippen LogP contribution in [0, 0.1) is 12.7 Å². The first kappa shape index (κ1) is 17.1. The van der Waals surface area contributed by atoms with Crippen LogP contribution in [0.4, 0.5) is 4.39 Å². The molecule has 0 fully saturated rings. The van der Waals surface area contributed by atoms with Gasteiger partial charge in [0, 0.05) is 26.8 Å². The van der Waals surface area contributed by atoms with Gasteiger partial charge in [-0.05, 0) is 24.1 Å². The molecule has 23 heavy (non-hydrogen) atoms. The SMILES string of the molecule is Cc1cc(CNS(=O)(=O)c2cn(C)c(=O)n(C)c2=O)ccc1F. The van der Waals surface area contributed by atoms with Crippen LogP contribution in [0.1, 0.15) is 11.1 Å². The Morgan fingerprint density at radius 1 is 1.22 bits per heavy atom. The van der Waals surface area contributed by atoms with E-state index in [1.165, 1.54) is 32.3 Å². The Kier molecular flexibility index (Phi) is 4.53. The zero-order valence-corrected chi connectivity index (χ0v) is 13.6. The molecule has 0 saturated heterocycles. The molecule has 0 amide bonds. The van der Waals surface area contributed by atoms with E-state index in [0.29, 0.717) is 11.1 Å². The van der Waals surface area contributed by atoms with Gasteiger partial charge in [0.2, 0.25) is 10.0 Å². The van der Waals surface area contributed by atoms with Crippen molar-refractivity contribution in [3.63, 3.8) is 0 Å². The van der Waals surface area contributed by atoms with Crippen molar-refractivity contribution >= 4 is 10.0 Å². The van der Waals surface area contributed by atoms with E-state index in [1.54, 1.807) is 6.92 Å². The maximum atomic E-state index is 13.2. The number of rotatable bonds is 4.